The molecule has 0 spiro atoms. The Morgan fingerprint density at radius 2 is 0.750 bits per heavy atom. The normalized spacial score (nSPS) is 10.8. The standard InChI is InChI=1S/C18H39P.Ru/c1-4-7-10-13-16-19(17-14-11-8-5-2)18-15-12-9-6-3;/h4-18H2,1-3H3;. The van der Waals surface area contributed by atoms with Crippen LogP contribution < -0.4 is 0 Å². The number of hydrogen-bond acceptors (Lipinski definition) is 0. The average Bonchev–Trinajstić information content (AvgIpc) is 2.43. The van der Waals surface area contributed by atoms with E-state index >= 15 is 0 Å². The van der Waals surface area contributed by atoms with Gasteiger partial charge in [0.1, 0.15) is 0 Å². The first-order valence-corrected chi connectivity index (χ1v) is 11.0. The molecule has 0 fully saturated rings. The summed E-state index contributed by atoms with van der Waals surface area (Å²) in [5.41, 5.74) is 0. The van der Waals surface area contributed by atoms with Gasteiger partial charge >= 0.3 is 0 Å². The van der Waals surface area contributed by atoms with Crippen molar-refractivity contribution < 1.29 is 19.5 Å². The average molecular weight is 388 g/mol. The quantitative estimate of drug-likeness (QED) is 0.158. The van der Waals surface area contributed by atoms with Gasteiger partial charge in [0.2, 0.25) is 0 Å². The molecule has 124 valence electrons. The molecule has 0 N–H and O–H groups in total. The zero-order chi connectivity index (χ0) is 14.2. The predicted molar refractivity (Wildman–Crippen MR) is 93.9 cm³/mol. The Hall–Kier alpha value is 1.05. The summed E-state index contributed by atoms with van der Waals surface area (Å²) in [7, 11) is 0.389. The second-order valence-corrected chi connectivity index (χ2v) is 8.71. The smallest absolute Gasteiger partial charge is 0 e. The first-order valence-electron chi connectivity index (χ1n) is 9.07. The maximum absolute atomic E-state index is 2.32. The van der Waals surface area contributed by atoms with Crippen LogP contribution in [0.4, 0.5) is 0 Å². The van der Waals surface area contributed by atoms with Crippen LogP contribution in [-0.2, 0) is 19.5 Å². The summed E-state index contributed by atoms with van der Waals surface area (Å²) in [5, 5.41) is 0. The molecule has 0 aromatic carbocycles. The minimum Gasteiger partial charge on any atom is -0.107 e. The van der Waals surface area contributed by atoms with Crippen LogP contribution in [0.15, 0.2) is 0 Å². The van der Waals surface area contributed by atoms with Gasteiger partial charge in [-0.1, -0.05) is 78.6 Å². The van der Waals surface area contributed by atoms with Crippen molar-refractivity contribution in [1.29, 1.82) is 0 Å². The molecule has 2 heteroatoms. The van der Waals surface area contributed by atoms with Crippen molar-refractivity contribution in [3.05, 3.63) is 0 Å². The van der Waals surface area contributed by atoms with E-state index in [2.05, 4.69) is 20.8 Å². The van der Waals surface area contributed by atoms with Crippen LogP contribution in [0.1, 0.15) is 97.8 Å². The van der Waals surface area contributed by atoms with E-state index in [0.717, 1.165) is 0 Å². The predicted octanol–water partition coefficient (Wildman–Crippen LogP) is 7.21. The van der Waals surface area contributed by atoms with Gasteiger partial charge < -0.3 is 0 Å². The second-order valence-electron chi connectivity index (χ2n) is 6.02. The van der Waals surface area contributed by atoms with Crippen LogP contribution in [-0.4, -0.2) is 18.5 Å². The Morgan fingerprint density at radius 3 is 1.00 bits per heavy atom. The topological polar surface area (TPSA) is 0 Å². The Kier molecular flexibility index (Phi) is 23.4. The Morgan fingerprint density at radius 1 is 0.450 bits per heavy atom. The van der Waals surface area contributed by atoms with E-state index in [-0.39, 0.29) is 19.5 Å². The molecule has 0 radical (unpaired) electrons. The summed E-state index contributed by atoms with van der Waals surface area (Å²) in [6, 6.07) is 0. The van der Waals surface area contributed by atoms with Crippen LogP contribution in [0, 0.1) is 0 Å². The minimum absolute atomic E-state index is 0. The maximum atomic E-state index is 2.32. The zero-order valence-electron chi connectivity index (χ0n) is 14.4. The van der Waals surface area contributed by atoms with Crippen LogP contribution in [0.2, 0.25) is 0 Å². The maximum Gasteiger partial charge on any atom is 0 e. The molecule has 0 atom stereocenters. The van der Waals surface area contributed by atoms with Gasteiger partial charge in [-0.3, -0.25) is 0 Å². The molecule has 0 amide bonds. The fraction of sp³-hybridized carbons (Fsp3) is 1.00. The van der Waals surface area contributed by atoms with Crippen LogP contribution >= 0.6 is 7.92 Å². The molecule has 0 heterocycles. The summed E-state index contributed by atoms with van der Waals surface area (Å²) in [4.78, 5) is 0. The van der Waals surface area contributed by atoms with Crippen LogP contribution in [0.3, 0.4) is 0 Å². The van der Waals surface area contributed by atoms with Crippen molar-refractivity contribution >= 4 is 7.92 Å². The van der Waals surface area contributed by atoms with Crippen LogP contribution in [0.25, 0.3) is 0 Å². The van der Waals surface area contributed by atoms with Crippen molar-refractivity contribution in [1.82, 2.24) is 0 Å². The minimum atomic E-state index is 0. The van der Waals surface area contributed by atoms with E-state index in [1.165, 1.54) is 77.0 Å². The van der Waals surface area contributed by atoms with Gasteiger partial charge in [0.25, 0.3) is 0 Å². The summed E-state index contributed by atoms with van der Waals surface area (Å²) >= 11 is 0. The van der Waals surface area contributed by atoms with Gasteiger partial charge in [-0.15, -0.1) is 7.92 Å². The van der Waals surface area contributed by atoms with Gasteiger partial charge in [0, 0.05) is 19.5 Å². The first kappa shape index (κ1) is 23.3. The molecule has 0 rings (SSSR count). The number of hydrogen-bond donors (Lipinski definition) is 0. The third-order valence-electron chi connectivity index (χ3n) is 3.98. The second kappa shape index (κ2) is 20.1. The van der Waals surface area contributed by atoms with Crippen molar-refractivity contribution in [3.63, 3.8) is 0 Å². The third kappa shape index (κ3) is 17.1. The molecular formula is C18H39PRu. The molecule has 0 aromatic rings. The van der Waals surface area contributed by atoms with Crippen molar-refractivity contribution in [3.8, 4) is 0 Å². The van der Waals surface area contributed by atoms with Gasteiger partial charge in [0.15, 0.2) is 0 Å². The summed E-state index contributed by atoms with van der Waals surface area (Å²) < 4.78 is 0. The largest absolute Gasteiger partial charge is 0.107 e. The van der Waals surface area contributed by atoms with E-state index in [9.17, 15) is 0 Å². The summed E-state index contributed by atoms with van der Waals surface area (Å²) in [6.45, 7) is 6.95. The SMILES string of the molecule is CCCCCCP(CCCCCC)CCCCCC.[Ru]. The third-order valence-corrected chi connectivity index (χ3v) is 6.83. The van der Waals surface area contributed by atoms with E-state index in [4.69, 9.17) is 0 Å². The van der Waals surface area contributed by atoms with Gasteiger partial charge in [-0.25, -0.2) is 0 Å². The molecule has 0 aliphatic heterocycles. The van der Waals surface area contributed by atoms with E-state index in [1.807, 2.05) is 0 Å². The fourth-order valence-corrected chi connectivity index (χ4v) is 5.31. The number of rotatable bonds is 15. The molecule has 0 aliphatic carbocycles. The zero-order valence-corrected chi connectivity index (χ0v) is 17.0. The van der Waals surface area contributed by atoms with E-state index in [1.54, 1.807) is 18.5 Å². The van der Waals surface area contributed by atoms with Gasteiger partial charge in [-0.05, 0) is 37.7 Å². The molecule has 0 saturated carbocycles. The summed E-state index contributed by atoms with van der Waals surface area (Å²) in [5.74, 6) is 0. The molecule has 0 unspecified atom stereocenters. The van der Waals surface area contributed by atoms with Crippen molar-refractivity contribution in [2.24, 2.45) is 0 Å². The molecule has 0 aromatic heterocycles. The first-order chi connectivity index (χ1) is 9.35. The molecular weight excluding hydrogens is 348 g/mol. The fourth-order valence-electron chi connectivity index (χ4n) is 2.62. The number of unbranched alkanes of at least 4 members (excludes halogenated alkanes) is 9. The monoisotopic (exact) mass is 388 g/mol. The van der Waals surface area contributed by atoms with Gasteiger partial charge in [0.05, 0.1) is 0 Å². The van der Waals surface area contributed by atoms with Crippen molar-refractivity contribution in [2.75, 3.05) is 18.5 Å². The Balaban J connectivity index is 0. The van der Waals surface area contributed by atoms with E-state index < -0.39 is 0 Å². The Labute approximate surface area is 143 Å². The molecule has 0 nitrogen and oxygen atoms in total. The Bertz CT molecular complexity index is 133. The molecule has 20 heavy (non-hydrogen) atoms. The van der Waals surface area contributed by atoms with Gasteiger partial charge in [-0.2, -0.15) is 0 Å². The molecule has 0 saturated heterocycles. The van der Waals surface area contributed by atoms with Crippen molar-refractivity contribution in [2.45, 2.75) is 97.8 Å². The van der Waals surface area contributed by atoms with E-state index in [0.29, 0.717) is 7.92 Å². The molecule has 0 bridgehead atoms. The van der Waals surface area contributed by atoms with Crippen LogP contribution in [0.5, 0.6) is 0 Å². The summed E-state index contributed by atoms with van der Waals surface area (Å²) in [6.07, 6.45) is 22.2. The molecule has 0 aliphatic rings.